The van der Waals surface area contributed by atoms with Crippen LogP contribution in [0.5, 0.6) is 11.5 Å². The van der Waals surface area contributed by atoms with Gasteiger partial charge in [-0.15, -0.1) is 0 Å². The molecule has 1 aromatic rings. The summed E-state index contributed by atoms with van der Waals surface area (Å²) in [5, 5.41) is 3.28. The molecule has 1 aliphatic heterocycles. The Hall–Kier alpha value is -1.75. The van der Waals surface area contributed by atoms with Crippen molar-refractivity contribution in [2.75, 3.05) is 34.4 Å². The van der Waals surface area contributed by atoms with Crippen LogP contribution < -0.4 is 14.8 Å². The first-order valence-electron chi connectivity index (χ1n) is 6.37. The van der Waals surface area contributed by atoms with Gasteiger partial charge in [-0.2, -0.15) is 0 Å². The van der Waals surface area contributed by atoms with E-state index in [4.69, 9.17) is 9.47 Å². The van der Waals surface area contributed by atoms with Crippen molar-refractivity contribution in [1.82, 2.24) is 10.2 Å². The van der Waals surface area contributed by atoms with E-state index in [1.54, 1.807) is 19.1 Å². The van der Waals surface area contributed by atoms with Crippen LogP contribution in [-0.2, 0) is 4.79 Å². The lowest BCUT2D eigenvalue weighted by Crippen LogP contribution is -2.35. The zero-order chi connectivity index (χ0) is 13.8. The van der Waals surface area contributed by atoms with Crippen LogP contribution in [0, 0.1) is 0 Å². The second-order valence-corrected chi connectivity index (χ2v) is 4.61. The molecule has 0 radical (unpaired) electrons. The summed E-state index contributed by atoms with van der Waals surface area (Å²) in [4.78, 5) is 14.1. The molecule has 5 nitrogen and oxygen atoms in total. The number of nitrogens with zero attached hydrogens (tertiary/aromatic N) is 1. The van der Waals surface area contributed by atoms with Gasteiger partial charge in [-0.3, -0.25) is 4.79 Å². The minimum Gasteiger partial charge on any atom is -0.497 e. The molecule has 1 aliphatic rings. The maximum atomic E-state index is 12.4. The number of carbonyl (C=O) groups excluding carboxylic acids is 1. The lowest BCUT2D eigenvalue weighted by molar-refractivity contribution is -0.131. The summed E-state index contributed by atoms with van der Waals surface area (Å²) in [7, 11) is 5.05. The van der Waals surface area contributed by atoms with Crippen LogP contribution in [0.4, 0.5) is 0 Å². The fourth-order valence-corrected chi connectivity index (χ4v) is 2.29. The average molecular weight is 264 g/mol. The van der Waals surface area contributed by atoms with Crippen LogP contribution in [0.3, 0.4) is 0 Å². The van der Waals surface area contributed by atoms with Crippen molar-refractivity contribution in [1.29, 1.82) is 0 Å². The number of benzene rings is 1. The topological polar surface area (TPSA) is 50.8 Å². The molecule has 2 rings (SSSR count). The van der Waals surface area contributed by atoms with Crippen LogP contribution in [0.15, 0.2) is 18.2 Å². The summed E-state index contributed by atoms with van der Waals surface area (Å²) in [5.41, 5.74) is 0.820. The van der Waals surface area contributed by atoms with Crippen LogP contribution in [0.25, 0.3) is 0 Å². The van der Waals surface area contributed by atoms with E-state index in [1.807, 2.05) is 25.2 Å². The third kappa shape index (κ3) is 2.81. The maximum Gasteiger partial charge on any atom is 0.244 e. The lowest BCUT2D eigenvalue weighted by Gasteiger charge is -2.22. The number of amides is 1. The zero-order valence-electron chi connectivity index (χ0n) is 11.6. The van der Waals surface area contributed by atoms with Gasteiger partial charge in [-0.05, 0) is 31.2 Å². The second-order valence-electron chi connectivity index (χ2n) is 4.61. The Morgan fingerprint density at radius 2 is 2.11 bits per heavy atom. The van der Waals surface area contributed by atoms with Gasteiger partial charge in [-0.1, -0.05) is 0 Å². The van der Waals surface area contributed by atoms with E-state index in [1.165, 1.54) is 0 Å². The first kappa shape index (κ1) is 13.7. The third-order valence-corrected chi connectivity index (χ3v) is 3.39. The van der Waals surface area contributed by atoms with E-state index in [9.17, 15) is 4.79 Å². The Kier molecular flexibility index (Phi) is 4.27. The highest BCUT2D eigenvalue weighted by Gasteiger charge is 2.28. The normalized spacial score (nSPS) is 20.1. The van der Waals surface area contributed by atoms with Crippen LogP contribution in [0.2, 0.25) is 0 Å². The van der Waals surface area contributed by atoms with Crippen molar-refractivity contribution in [3.05, 3.63) is 23.8 Å². The molecule has 0 spiro atoms. The van der Waals surface area contributed by atoms with Gasteiger partial charge in [0.15, 0.2) is 0 Å². The van der Waals surface area contributed by atoms with E-state index in [2.05, 4.69) is 5.32 Å². The second kappa shape index (κ2) is 5.93. The van der Waals surface area contributed by atoms with Gasteiger partial charge in [0.25, 0.3) is 0 Å². The van der Waals surface area contributed by atoms with Gasteiger partial charge in [-0.25, -0.2) is 0 Å². The SMILES string of the molecule is COc1ccc(OC)c(C2NCCCN(C)C2=O)c1. The van der Waals surface area contributed by atoms with Gasteiger partial charge in [0.05, 0.1) is 14.2 Å². The Bertz CT molecular complexity index is 462. The molecule has 1 saturated heterocycles. The predicted octanol–water partition coefficient (Wildman–Crippen LogP) is 1.20. The van der Waals surface area contributed by atoms with Crippen molar-refractivity contribution in [2.45, 2.75) is 12.5 Å². The molecule has 0 saturated carbocycles. The van der Waals surface area contributed by atoms with E-state index in [0.717, 1.165) is 30.8 Å². The van der Waals surface area contributed by atoms with Crippen molar-refractivity contribution in [3.63, 3.8) is 0 Å². The highest BCUT2D eigenvalue weighted by molar-refractivity contribution is 5.84. The minimum atomic E-state index is -0.377. The van der Waals surface area contributed by atoms with Gasteiger partial charge in [0, 0.05) is 19.2 Å². The fourth-order valence-electron chi connectivity index (χ4n) is 2.29. The standard InChI is InChI=1S/C14H20N2O3/c1-16-8-4-7-15-13(14(16)17)11-9-10(18-2)5-6-12(11)19-3/h5-6,9,13,15H,4,7-8H2,1-3H3. The van der Waals surface area contributed by atoms with E-state index in [-0.39, 0.29) is 11.9 Å². The minimum absolute atomic E-state index is 0.0593. The monoisotopic (exact) mass is 264 g/mol. The summed E-state index contributed by atoms with van der Waals surface area (Å²) in [6.45, 7) is 1.58. The highest BCUT2D eigenvalue weighted by atomic mass is 16.5. The Labute approximate surface area is 113 Å². The van der Waals surface area contributed by atoms with Crippen molar-refractivity contribution < 1.29 is 14.3 Å². The van der Waals surface area contributed by atoms with Crippen molar-refractivity contribution in [2.24, 2.45) is 0 Å². The molecule has 1 amide bonds. The smallest absolute Gasteiger partial charge is 0.244 e. The maximum absolute atomic E-state index is 12.4. The summed E-state index contributed by atoms with van der Waals surface area (Å²) in [5.74, 6) is 1.48. The summed E-state index contributed by atoms with van der Waals surface area (Å²) < 4.78 is 10.6. The molecule has 1 aromatic carbocycles. The summed E-state index contributed by atoms with van der Waals surface area (Å²) >= 11 is 0. The summed E-state index contributed by atoms with van der Waals surface area (Å²) in [6, 6.07) is 5.13. The predicted molar refractivity (Wildman–Crippen MR) is 72.5 cm³/mol. The number of hydrogen-bond donors (Lipinski definition) is 1. The molecule has 0 bridgehead atoms. The molecule has 1 N–H and O–H groups in total. The lowest BCUT2D eigenvalue weighted by atomic mass is 10.0. The molecule has 0 aromatic heterocycles. The number of carbonyl (C=O) groups is 1. The first-order chi connectivity index (χ1) is 9.17. The van der Waals surface area contributed by atoms with Gasteiger partial charge < -0.3 is 19.7 Å². The quantitative estimate of drug-likeness (QED) is 0.891. The molecule has 104 valence electrons. The molecule has 1 fully saturated rings. The average Bonchev–Trinajstić information content (AvgIpc) is 2.61. The molecule has 0 aliphatic carbocycles. The molecule has 1 unspecified atom stereocenters. The van der Waals surface area contributed by atoms with Crippen molar-refractivity contribution in [3.8, 4) is 11.5 Å². The Morgan fingerprint density at radius 1 is 1.32 bits per heavy atom. The largest absolute Gasteiger partial charge is 0.497 e. The number of ether oxygens (including phenoxy) is 2. The number of hydrogen-bond acceptors (Lipinski definition) is 4. The highest BCUT2D eigenvalue weighted by Crippen LogP contribution is 2.31. The number of methoxy groups -OCH3 is 2. The van der Waals surface area contributed by atoms with Crippen LogP contribution in [-0.4, -0.2) is 45.2 Å². The first-order valence-corrected chi connectivity index (χ1v) is 6.37. The molecule has 19 heavy (non-hydrogen) atoms. The van der Waals surface area contributed by atoms with Gasteiger partial charge in [0.1, 0.15) is 17.5 Å². The number of rotatable bonds is 3. The number of likely N-dealkylation sites (N-methyl/N-ethyl adjacent to an activating group) is 1. The van der Waals surface area contributed by atoms with Crippen LogP contribution >= 0.6 is 0 Å². The fraction of sp³-hybridized carbons (Fsp3) is 0.500. The molecule has 1 heterocycles. The van der Waals surface area contributed by atoms with Gasteiger partial charge >= 0.3 is 0 Å². The van der Waals surface area contributed by atoms with E-state index in [0.29, 0.717) is 5.75 Å². The van der Waals surface area contributed by atoms with E-state index < -0.39 is 0 Å². The van der Waals surface area contributed by atoms with Crippen LogP contribution in [0.1, 0.15) is 18.0 Å². The third-order valence-electron chi connectivity index (χ3n) is 3.39. The van der Waals surface area contributed by atoms with Crippen molar-refractivity contribution >= 4 is 5.91 Å². The van der Waals surface area contributed by atoms with E-state index >= 15 is 0 Å². The van der Waals surface area contributed by atoms with Gasteiger partial charge in [0.2, 0.25) is 5.91 Å². The molecular formula is C14H20N2O3. The molecular weight excluding hydrogens is 244 g/mol. The summed E-state index contributed by atoms with van der Waals surface area (Å²) in [6.07, 6.45) is 0.949. The Morgan fingerprint density at radius 3 is 2.79 bits per heavy atom. The molecule has 5 heteroatoms. The zero-order valence-corrected chi connectivity index (χ0v) is 11.6. The Balaban J connectivity index is 2.39. The number of nitrogens with one attached hydrogen (secondary N) is 1. The molecule has 1 atom stereocenters.